The fraction of sp³-hybridized carbons (Fsp3) is 0.667. The van der Waals surface area contributed by atoms with Crippen molar-refractivity contribution in [3.05, 3.63) is 22.4 Å². The largest absolute Gasteiger partial charge is 0.355 e. The second-order valence-corrected chi connectivity index (χ2v) is 6.49. The van der Waals surface area contributed by atoms with Crippen LogP contribution in [0, 0.1) is 0 Å². The monoisotopic (exact) mass is 294 g/mol. The fourth-order valence-electron chi connectivity index (χ4n) is 2.67. The van der Waals surface area contributed by atoms with E-state index in [1.54, 1.807) is 0 Å². The number of likely N-dealkylation sites (N-methyl/N-ethyl adjacent to an activating group) is 2. The van der Waals surface area contributed by atoms with E-state index >= 15 is 0 Å². The molecule has 2 rings (SSSR count). The second kappa shape index (κ2) is 7.64. The van der Waals surface area contributed by atoms with Crippen LogP contribution < -0.4 is 5.32 Å². The Kier molecular flexibility index (Phi) is 5.86. The Morgan fingerprint density at radius 2 is 2.45 bits per heavy atom. The summed E-state index contributed by atoms with van der Waals surface area (Å²) in [4.78, 5) is 10.5. The zero-order chi connectivity index (χ0) is 14.4. The van der Waals surface area contributed by atoms with Crippen molar-refractivity contribution in [3.8, 4) is 0 Å². The van der Waals surface area contributed by atoms with Crippen LogP contribution in [0.3, 0.4) is 0 Å². The van der Waals surface area contributed by atoms with Crippen molar-refractivity contribution in [1.29, 1.82) is 0 Å². The van der Waals surface area contributed by atoms with Crippen LogP contribution in [0.15, 0.2) is 22.5 Å². The molecule has 0 saturated carbocycles. The van der Waals surface area contributed by atoms with Crippen LogP contribution in [-0.4, -0.2) is 62.6 Å². The van der Waals surface area contributed by atoms with Crippen molar-refractivity contribution in [1.82, 2.24) is 15.1 Å². The lowest BCUT2D eigenvalue weighted by molar-refractivity contribution is 0.307. The Hall–Kier alpha value is -1.07. The van der Waals surface area contributed by atoms with Gasteiger partial charge < -0.3 is 15.1 Å². The predicted octanol–water partition coefficient (Wildman–Crippen LogP) is 1.89. The molecular formula is C15H26N4S. The van der Waals surface area contributed by atoms with E-state index in [2.05, 4.69) is 51.7 Å². The van der Waals surface area contributed by atoms with Gasteiger partial charge in [-0.1, -0.05) is 6.07 Å². The summed E-state index contributed by atoms with van der Waals surface area (Å²) in [5, 5.41) is 5.65. The van der Waals surface area contributed by atoms with E-state index in [9.17, 15) is 0 Å². The van der Waals surface area contributed by atoms with Gasteiger partial charge in [0, 0.05) is 38.1 Å². The summed E-state index contributed by atoms with van der Waals surface area (Å²) in [6, 6.07) is 4.96. The molecule has 1 aliphatic rings. The summed E-state index contributed by atoms with van der Waals surface area (Å²) in [6.45, 7) is 3.21. The Morgan fingerprint density at radius 3 is 3.05 bits per heavy atom. The molecule has 0 spiro atoms. The summed E-state index contributed by atoms with van der Waals surface area (Å²) in [7, 11) is 6.19. The van der Waals surface area contributed by atoms with Crippen LogP contribution in [0.5, 0.6) is 0 Å². The Labute approximate surface area is 126 Å². The van der Waals surface area contributed by atoms with E-state index in [1.807, 2.05) is 18.4 Å². The van der Waals surface area contributed by atoms with E-state index in [1.165, 1.54) is 24.3 Å². The molecule has 20 heavy (non-hydrogen) atoms. The summed E-state index contributed by atoms with van der Waals surface area (Å²) >= 11 is 1.82. The molecule has 1 N–H and O–H groups in total. The quantitative estimate of drug-likeness (QED) is 0.664. The molecule has 1 saturated heterocycles. The summed E-state index contributed by atoms with van der Waals surface area (Å²) in [6.07, 6.45) is 3.69. The van der Waals surface area contributed by atoms with Crippen molar-refractivity contribution < 1.29 is 0 Å². The van der Waals surface area contributed by atoms with Gasteiger partial charge >= 0.3 is 0 Å². The molecule has 1 aromatic rings. The van der Waals surface area contributed by atoms with Crippen LogP contribution >= 0.6 is 11.3 Å². The molecule has 1 unspecified atom stereocenters. The van der Waals surface area contributed by atoms with Gasteiger partial charge in [-0.15, -0.1) is 11.3 Å². The highest BCUT2D eigenvalue weighted by Crippen LogP contribution is 2.13. The van der Waals surface area contributed by atoms with Crippen LogP contribution in [0.2, 0.25) is 0 Å². The molecule has 0 aromatic carbocycles. The number of thiophene rings is 1. The first-order valence-corrected chi connectivity index (χ1v) is 8.23. The van der Waals surface area contributed by atoms with Crippen LogP contribution in [0.4, 0.5) is 0 Å². The Morgan fingerprint density at radius 1 is 1.60 bits per heavy atom. The lowest BCUT2D eigenvalue weighted by Crippen LogP contribution is -2.45. The minimum Gasteiger partial charge on any atom is -0.355 e. The smallest absolute Gasteiger partial charge is 0.193 e. The lowest BCUT2D eigenvalue weighted by Gasteiger charge is -2.25. The van der Waals surface area contributed by atoms with E-state index in [-0.39, 0.29) is 0 Å². The third kappa shape index (κ3) is 4.21. The first-order chi connectivity index (χ1) is 9.70. The highest BCUT2D eigenvalue weighted by Gasteiger charge is 2.21. The van der Waals surface area contributed by atoms with Gasteiger partial charge in [0.2, 0.25) is 0 Å². The van der Waals surface area contributed by atoms with Crippen LogP contribution in [0.1, 0.15) is 17.7 Å². The minimum atomic E-state index is 0.650. The summed E-state index contributed by atoms with van der Waals surface area (Å²) < 4.78 is 0. The van der Waals surface area contributed by atoms with Gasteiger partial charge in [-0.2, -0.15) is 0 Å². The summed E-state index contributed by atoms with van der Waals surface area (Å²) in [5.41, 5.74) is 0. The third-order valence-electron chi connectivity index (χ3n) is 4.01. The van der Waals surface area contributed by atoms with Gasteiger partial charge in [0.1, 0.15) is 0 Å². The SMILES string of the molecule is CN=C(NCC1CCCN1C)N(C)CCc1cccs1. The van der Waals surface area contributed by atoms with E-state index in [0.717, 1.165) is 25.5 Å². The molecule has 1 aliphatic heterocycles. The molecule has 1 fully saturated rings. The van der Waals surface area contributed by atoms with Crippen molar-refractivity contribution in [3.63, 3.8) is 0 Å². The number of nitrogens with one attached hydrogen (secondary N) is 1. The number of aliphatic imine (C=N–C) groups is 1. The van der Waals surface area contributed by atoms with Gasteiger partial charge in [-0.25, -0.2) is 0 Å². The average molecular weight is 294 g/mol. The third-order valence-corrected chi connectivity index (χ3v) is 4.95. The van der Waals surface area contributed by atoms with Crippen molar-refractivity contribution in [2.24, 2.45) is 4.99 Å². The van der Waals surface area contributed by atoms with E-state index < -0.39 is 0 Å². The number of nitrogens with zero attached hydrogens (tertiary/aromatic N) is 3. The Balaban J connectivity index is 1.75. The standard InChI is InChI=1S/C15H26N4S/c1-16-15(17-12-13-6-4-9-18(13)2)19(3)10-8-14-7-5-11-20-14/h5,7,11,13H,4,6,8-10,12H2,1-3H3,(H,16,17). The molecule has 1 aromatic heterocycles. The van der Waals surface area contributed by atoms with Crippen LogP contribution in [-0.2, 0) is 6.42 Å². The maximum Gasteiger partial charge on any atom is 0.193 e. The number of hydrogen-bond acceptors (Lipinski definition) is 3. The normalized spacial score (nSPS) is 20.4. The molecule has 4 nitrogen and oxygen atoms in total. The maximum absolute atomic E-state index is 4.39. The predicted molar refractivity (Wildman–Crippen MR) is 87.7 cm³/mol. The molecule has 0 radical (unpaired) electrons. The lowest BCUT2D eigenvalue weighted by atomic mass is 10.2. The number of likely N-dealkylation sites (tertiary alicyclic amines) is 1. The number of rotatable bonds is 5. The highest BCUT2D eigenvalue weighted by molar-refractivity contribution is 7.09. The minimum absolute atomic E-state index is 0.650. The fourth-order valence-corrected chi connectivity index (χ4v) is 3.37. The second-order valence-electron chi connectivity index (χ2n) is 5.46. The van der Waals surface area contributed by atoms with Gasteiger partial charge in [0.15, 0.2) is 5.96 Å². The first-order valence-electron chi connectivity index (χ1n) is 7.35. The van der Waals surface area contributed by atoms with Gasteiger partial charge in [0.05, 0.1) is 0 Å². The summed E-state index contributed by atoms with van der Waals surface area (Å²) in [5.74, 6) is 1.00. The van der Waals surface area contributed by atoms with Gasteiger partial charge in [-0.05, 0) is 44.3 Å². The van der Waals surface area contributed by atoms with E-state index in [0.29, 0.717) is 6.04 Å². The number of guanidine groups is 1. The Bertz CT molecular complexity index is 416. The topological polar surface area (TPSA) is 30.9 Å². The average Bonchev–Trinajstić information content (AvgIpc) is 3.09. The molecule has 5 heteroatoms. The van der Waals surface area contributed by atoms with Gasteiger partial charge in [0.25, 0.3) is 0 Å². The van der Waals surface area contributed by atoms with E-state index in [4.69, 9.17) is 0 Å². The molecule has 0 bridgehead atoms. The van der Waals surface area contributed by atoms with Crippen molar-refractivity contribution in [2.75, 3.05) is 40.8 Å². The molecule has 1 atom stereocenters. The number of hydrogen-bond donors (Lipinski definition) is 1. The molecule has 0 aliphatic carbocycles. The van der Waals surface area contributed by atoms with Crippen molar-refractivity contribution in [2.45, 2.75) is 25.3 Å². The van der Waals surface area contributed by atoms with Crippen LogP contribution in [0.25, 0.3) is 0 Å². The highest BCUT2D eigenvalue weighted by atomic mass is 32.1. The van der Waals surface area contributed by atoms with Crippen molar-refractivity contribution >= 4 is 17.3 Å². The zero-order valence-corrected chi connectivity index (χ0v) is 13.6. The van der Waals surface area contributed by atoms with Gasteiger partial charge in [-0.3, -0.25) is 4.99 Å². The first kappa shape index (κ1) is 15.3. The zero-order valence-electron chi connectivity index (χ0n) is 12.8. The molecule has 0 amide bonds. The molecular weight excluding hydrogens is 268 g/mol. The maximum atomic E-state index is 4.39. The molecule has 2 heterocycles. The molecule has 112 valence electrons.